The van der Waals surface area contributed by atoms with E-state index in [4.69, 9.17) is 4.42 Å². The first-order valence-electron chi connectivity index (χ1n) is 7.73. The molecule has 1 aromatic rings. The van der Waals surface area contributed by atoms with Crippen LogP contribution in [0, 0.1) is 0 Å². The zero-order valence-electron chi connectivity index (χ0n) is 13.4. The molecular formula is C16H29N3O. The van der Waals surface area contributed by atoms with E-state index in [0.29, 0.717) is 12.1 Å². The fraction of sp³-hybridized carbons (Fsp3) is 0.750. The minimum Gasteiger partial charge on any atom is -0.468 e. The van der Waals surface area contributed by atoms with E-state index in [-0.39, 0.29) is 0 Å². The van der Waals surface area contributed by atoms with E-state index in [1.165, 1.54) is 24.9 Å². The van der Waals surface area contributed by atoms with Crippen LogP contribution >= 0.6 is 0 Å². The number of rotatable bonds is 6. The Bertz CT molecular complexity index is 400. The quantitative estimate of drug-likeness (QED) is 0.866. The van der Waals surface area contributed by atoms with Crippen LogP contribution in [0.4, 0.5) is 0 Å². The third-order valence-corrected chi connectivity index (χ3v) is 4.12. The normalized spacial score (nSPS) is 21.0. The Kier molecular flexibility index (Phi) is 5.64. The number of likely N-dealkylation sites (N-methyl/N-ethyl adjacent to an activating group) is 1. The van der Waals surface area contributed by atoms with Crippen LogP contribution in [0.15, 0.2) is 16.7 Å². The summed E-state index contributed by atoms with van der Waals surface area (Å²) in [5.74, 6) is 1.12. The monoisotopic (exact) mass is 279 g/mol. The third-order valence-electron chi connectivity index (χ3n) is 4.12. The number of piperidine rings is 1. The molecule has 0 saturated carbocycles. The van der Waals surface area contributed by atoms with Gasteiger partial charge in [0.1, 0.15) is 5.76 Å². The Morgan fingerprint density at radius 2 is 2.25 bits per heavy atom. The molecule has 0 bridgehead atoms. The molecule has 2 heterocycles. The second kappa shape index (κ2) is 7.25. The molecule has 1 atom stereocenters. The lowest BCUT2D eigenvalue weighted by molar-refractivity contribution is 0.121. The number of likely N-dealkylation sites (tertiary alicyclic amines) is 1. The van der Waals surface area contributed by atoms with Gasteiger partial charge in [-0.3, -0.25) is 4.90 Å². The van der Waals surface area contributed by atoms with Crippen LogP contribution < -0.4 is 5.32 Å². The molecule has 0 aromatic carbocycles. The van der Waals surface area contributed by atoms with E-state index in [9.17, 15) is 0 Å². The summed E-state index contributed by atoms with van der Waals surface area (Å²) in [5, 5.41) is 3.47. The molecule has 4 nitrogen and oxygen atoms in total. The zero-order chi connectivity index (χ0) is 14.5. The van der Waals surface area contributed by atoms with Crippen molar-refractivity contribution in [3.8, 4) is 0 Å². The van der Waals surface area contributed by atoms with Crippen molar-refractivity contribution in [2.24, 2.45) is 0 Å². The van der Waals surface area contributed by atoms with Crippen molar-refractivity contribution in [1.82, 2.24) is 15.1 Å². The summed E-state index contributed by atoms with van der Waals surface area (Å²) in [4.78, 5) is 4.86. The van der Waals surface area contributed by atoms with Gasteiger partial charge in [-0.15, -0.1) is 0 Å². The molecule has 1 N–H and O–H groups in total. The van der Waals surface area contributed by atoms with E-state index in [2.05, 4.69) is 49.1 Å². The van der Waals surface area contributed by atoms with E-state index in [1.54, 1.807) is 0 Å². The van der Waals surface area contributed by atoms with E-state index in [0.717, 1.165) is 25.4 Å². The van der Waals surface area contributed by atoms with Crippen LogP contribution in [0.3, 0.4) is 0 Å². The number of hydrogen-bond donors (Lipinski definition) is 1. The lowest BCUT2D eigenvalue weighted by Crippen LogP contribution is -2.44. The highest BCUT2D eigenvalue weighted by Crippen LogP contribution is 2.19. The molecule has 0 radical (unpaired) electrons. The summed E-state index contributed by atoms with van der Waals surface area (Å²) in [5.41, 5.74) is 1.30. The van der Waals surface area contributed by atoms with Gasteiger partial charge in [0.05, 0.1) is 12.8 Å². The fourth-order valence-electron chi connectivity index (χ4n) is 2.78. The number of nitrogens with zero attached hydrogens (tertiary/aromatic N) is 2. The van der Waals surface area contributed by atoms with Gasteiger partial charge >= 0.3 is 0 Å². The predicted molar refractivity (Wildman–Crippen MR) is 82.7 cm³/mol. The van der Waals surface area contributed by atoms with Crippen molar-refractivity contribution in [2.75, 3.05) is 27.2 Å². The highest BCUT2D eigenvalue weighted by Gasteiger charge is 2.22. The highest BCUT2D eigenvalue weighted by atomic mass is 16.3. The SMILES string of the molecule is CC(C)NCc1ccoc1CN1CCCC(N(C)C)C1. The van der Waals surface area contributed by atoms with Gasteiger partial charge in [-0.05, 0) is 39.5 Å². The first-order chi connectivity index (χ1) is 9.56. The Morgan fingerprint density at radius 1 is 1.45 bits per heavy atom. The van der Waals surface area contributed by atoms with Crippen molar-refractivity contribution in [3.05, 3.63) is 23.7 Å². The van der Waals surface area contributed by atoms with Gasteiger partial charge in [0, 0.05) is 30.7 Å². The van der Waals surface area contributed by atoms with Gasteiger partial charge in [0.2, 0.25) is 0 Å². The molecule has 1 saturated heterocycles. The molecule has 1 unspecified atom stereocenters. The average Bonchev–Trinajstić information content (AvgIpc) is 2.84. The van der Waals surface area contributed by atoms with E-state index < -0.39 is 0 Å². The lowest BCUT2D eigenvalue weighted by atomic mass is 10.0. The Labute approximate surface area is 123 Å². The number of furan rings is 1. The standard InChI is InChI=1S/C16H29N3O/c1-13(2)17-10-14-7-9-20-16(14)12-19-8-5-6-15(11-19)18(3)4/h7,9,13,15,17H,5-6,8,10-12H2,1-4H3. The molecule has 1 aliphatic heterocycles. The molecule has 1 fully saturated rings. The summed E-state index contributed by atoms with van der Waals surface area (Å²) < 4.78 is 5.70. The first kappa shape index (κ1) is 15.5. The van der Waals surface area contributed by atoms with Crippen molar-refractivity contribution < 1.29 is 4.42 Å². The lowest BCUT2D eigenvalue weighted by Gasteiger charge is -2.35. The maximum atomic E-state index is 5.70. The topological polar surface area (TPSA) is 31.7 Å². The van der Waals surface area contributed by atoms with E-state index in [1.807, 2.05) is 6.26 Å². The summed E-state index contributed by atoms with van der Waals surface area (Å²) in [6, 6.07) is 3.28. The van der Waals surface area contributed by atoms with Crippen LogP contribution in [0.2, 0.25) is 0 Å². The van der Waals surface area contributed by atoms with Crippen molar-refractivity contribution in [3.63, 3.8) is 0 Å². The molecule has 0 spiro atoms. The van der Waals surface area contributed by atoms with Crippen LogP contribution in [-0.4, -0.2) is 49.1 Å². The Hall–Kier alpha value is -0.840. The van der Waals surface area contributed by atoms with Crippen molar-refractivity contribution >= 4 is 0 Å². The molecule has 4 heteroatoms. The second-order valence-electron chi connectivity index (χ2n) is 6.40. The smallest absolute Gasteiger partial charge is 0.122 e. The summed E-state index contributed by atoms with van der Waals surface area (Å²) in [7, 11) is 4.36. The Morgan fingerprint density at radius 3 is 2.95 bits per heavy atom. The molecule has 1 aromatic heterocycles. The molecule has 2 rings (SSSR count). The van der Waals surface area contributed by atoms with Gasteiger partial charge in [0.15, 0.2) is 0 Å². The fourth-order valence-corrected chi connectivity index (χ4v) is 2.78. The molecule has 0 amide bonds. The van der Waals surface area contributed by atoms with Crippen molar-refractivity contribution in [1.29, 1.82) is 0 Å². The minimum atomic E-state index is 0.505. The Balaban J connectivity index is 1.91. The van der Waals surface area contributed by atoms with Crippen molar-refractivity contribution in [2.45, 2.75) is 51.9 Å². The van der Waals surface area contributed by atoms with Gasteiger partial charge < -0.3 is 14.6 Å². The maximum Gasteiger partial charge on any atom is 0.122 e. The molecule has 1 aliphatic rings. The molecule has 20 heavy (non-hydrogen) atoms. The van der Waals surface area contributed by atoms with Crippen LogP contribution in [-0.2, 0) is 13.1 Å². The summed E-state index contributed by atoms with van der Waals surface area (Å²) in [6.07, 6.45) is 4.41. The van der Waals surface area contributed by atoms with Gasteiger partial charge in [-0.25, -0.2) is 0 Å². The summed E-state index contributed by atoms with van der Waals surface area (Å²) >= 11 is 0. The zero-order valence-corrected chi connectivity index (χ0v) is 13.4. The molecule has 114 valence electrons. The minimum absolute atomic E-state index is 0.505. The van der Waals surface area contributed by atoms with Crippen LogP contribution in [0.5, 0.6) is 0 Å². The van der Waals surface area contributed by atoms with Gasteiger partial charge in [-0.1, -0.05) is 13.8 Å². The third kappa shape index (κ3) is 4.33. The average molecular weight is 279 g/mol. The first-order valence-corrected chi connectivity index (χ1v) is 7.73. The predicted octanol–water partition coefficient (Wildman–Crippen LogP) is 2.30. The largest absolute Gasteiger partial charge is 0.468 e. The van der Waals surface area contributed by atoms with Crippen LogP contribution in [0.1, 0.15) is 38.0 Å². The molecule has 0 aliphatic carbocycles. The summed E-state index contributed by atoms with van der Waals surface area (Å²) in [6.45, 7) is 8.51. The van der Waals surface area contributed by atoms with Crippen LogP contribution in [0.25, 0.3) is 0 Å². The number of hydrogen-bond acceptors (Lipinski definition) is 4. The van der Waals surface area contributed by atoms with E-state index >= 15 is 0 Å². The maximum absolute atomic E-state index is 5.70. The second-order valence-corrected chi connectivity index (χ2v) is 6.40. The van der Waals surface area contributed by atoms with Gasteiger partial charge in [0.25, 0.3) is 0 Å². The van der Waals surface area contributed by atoms with Gasteiger partial charge in [-0.2, -0.15) is 0 Å². The highest BCUT2D eigenvalue weighted by molar-refractivity contribution is 5.17. The number of nitrogens with one attached hydrogen (secondary N) is 1. The molecular weight excluding hydrogens is 250 g/mol.